The van der Waals surface area contributed by atoms with Crippen LogP contribution in [0.2, 0.25) is 0 Å². The molecule has 0 saturated carbocycles. The lowest BCUT2D eigenvalue weighted by Crippen LogP contribution is -1.99. The number of nitrogens with one attached hydrogen (secondary N) is 2. The summed E-state index contributed by atoms with van der Waals surface area (Å²) < 4.78 is 18.3. The summed E-state index contributed by atoms with van der Waals surface area (Å²) in [5.74, 6) is 1.52. The van der Waals surface area contributed by atoms with E-state index in [1.807, 2.05) is 86.6 Å². The van der Waals surface area contributed by atoms with Gasteiger partial charge in [0.1, 0.15) is 22.9 Å². The van der Waals surface area contributed by atoms with E-state index >= 15 is 0 Å². The van der Waals surface area contributed by atoms with Crippen LogP contribution in [0.15, 0.2) is 85.2 Å². The van der Waals surface area contributed by atoms with Crippen LogP contribution in [0.5, 0.6) is 11.5 Å². The third kappa shape index (κ3) is 6.15. The molecule has 2 aromatic heterocycles. The van der Waals surface area contributed by atoms with Crippen LogP contribution in [0.1, 0.15) is 13.8 Å². The van der Waals surface area contributed by atoms with Crippen molar-refractivity contribution in [3.05, 3.63) is 85.2 Å². The first kappa shape index (κ1) is 23.8. The summed E-state index contributed by atoms with van der Waals surface area (Å²) in [5.41, 5.74) is 5.46. The molecule has 2 aromatic carbocycles. The fraction of sp³-hybridized carbons (Fsp3) is 0.154. The molecule has 2 heterocycles. The Hall–Kier alpha value is -3.36. The topological polar surface area (TPSA) is 68.3 Å². The quantitative estimate of drug-likeness (QED) is 0.129. The molecule has 0 radical (unpaired) electrons. The van der Waals surface area contributed by atoms with Crippen LogP contribution in [-0.4, -0.2) is 23.2 Å². The maximum atomic E-state index is 5.85. The Labute approximate surface area is 208 Å². The van der Waals surface area contributed by atoms with Gasteiger partial charge in [0.25, 0.3) is 0 Å². The largest absolute Gasteiger partial charge is 0.492 e. The van der Waals surface area contributed by atoms with E-state index < -0.39 is 0 Å². The molecule has 0 aliphatic carbocycles. The van der Waals surface area contributed by atoms with Crippen LogP contribution in [0.4, 0.5) is 11.4 Å². The van der Waals surface area contributed by atoms with E-state index in [-0.39, 0.29) is 0 Å². The number of aromatic nitrogens is 2. The fourth-order valence-electron chi connectivity index (χ4n) is 3.24. The smallest absolute Gasteiger partial charge is 0.147 e. The molecule has 8 heteroatoms. The van der Waals surface area contributed by atoms with Gasteiger partial charge in [-0.05, 0) is 13.8 Å². The summed E-state index contributed by atoms with van der Waals surface area (Å²) in [6.45, 7) is 5.08. The second-order valence-electron chi connectivity index (χ2n) is 7.10. The first-order valence-corrected chi connectivity index (χ1v) is 13.1. The van der Waals surface area contributed by atoms with Gasteiger partial charge in [0.05, 0.1) is 37.0 Å². The van der Waals surface area contributed by atoms with Gasteiger partial charge in [-0.15, -0.1) is 0 Å². The standard InChI is InChI=1S/C26H26N4O2S2/c1-3-31-25-15-21(19-11-7-5-8-12-19)27-17-23(25)29-33-34-30-24-18-28-22(16-26(24)32-4-2)20-13-9-6-10-14-20/h5-18,29-30H,3-4H2,1-2H3. The zero-order valence-corrected chi connectivity index (χ0v) is 20.7. The van der Waals surface area contributed by atoms with E-state index in [9.17, 15) is 0 Å². The Kier molecular flexibility index (Phi) is 8.54. The fourth-order valence-corrected chi connectivity index (χ4v) is 4.60. The molecular weight excluding hydrogens is 464 g/mol. The van der Waals surface area contributed by atoms with Crippen molar-refractivity contribution in [1.82, 2.24) is 9.97 Å². The number of nitrogens with zero attached hydrogens (tertiary/aromatic N) is 2. The van der Waals surface area contributed by atoms with E-state index in [1.165, 1.54) is 22.0 Å². The third-order valence-electron chi connectivity index (χ3n) is 4.82. The van der Waals surface area contributed by atoms with Crippen LogP contribution in [-0.2, 0) is 0 Å². The minimum atomic E-state index is 0.570. The first-order chi connectivity index (χ1) is 16.8. The molecule has 0 atom stereocenters. The van der Waals surface area contributed by atoms with E-state index in [4.69, 9.17) is 9.47 Å². The Bertz CT molecular complexity index is 1100. The number of hydrogen-bond donors (Lipinski definition) is 2. The monoisotopic (exact) mass is 490 g/mol. The van der Waals surface area contributed by atoms with E-state index in [0.717, 1.165) is 45.4 Å². The Morgan fingerprint density at radius 1 is 0.647 bits per heavy atom. The molecule has 2 N–H and O–H groups in total. The van der Waals surface area contributed by atoms with Crippen LogP contribution in [0, 0.1) is 0 Å². The van der Waals surface area contributed by atoms with Gasteiger partial charge in [0.15, 0.2) is 0 Å². The van der Waals surface area contributed by atoms with Crippen LogP contribution >= 0.6 is 22.0 Å². The first-order valence-electron chi connectivity index (χ1n) is 11.0. The number of hydrogen-bond acceptors (Lipinski definition) is 8. The Morgan fingerprint density at radius 2 is 1.06 bits per heavy atom. The third-order valence-corrected chi connectivity index (χ3v) is 6.26. The van der Waals surface area contributed by atoms with Crippen molar-refractivity contribution in [2.45, 2.75) is 13.8 Å². The highest BCUT2D eigenvalue weighted by atomic mass is 33.1. The van der Waals surface area contributed by atoms with Crippen molar-refractivity contribution >= 4 is 33.3 Å². The molecule has 6 nitrogen and oxygen atoms in total. The Morgan fingerprint density at radius 3 is 1.44 bits per heavy atom. The molecule has 0 aliphatic heterocycles. The molecule has 4 aromatic rings. The van der Waals surface area contributed by atoms with Crippen molar-refractivity contribution in [3.8, 4) is 34.0 Å². The molecule has 34 heavy (non-hydrogen) atoms. The second-order valence-corrected chi connectivity index (χ2v) is 8.84. The van der Waals surface area contributed by atoms with Crippen molar-refractivity contribution < 1.29 is 9.47 Å². The number of anilines is 2. The van der Waals surface area contributed by atoms with Crippen molar-refractivity contribution in [3.63, 3.8) is 0 Å². The molecule has 0 unspecified atom stereocenters. The van der Waals surface area contributed by atoms with Crippen LogP contribution < -0.4 is 18.9 Å². The summed E-state index contributed by atoms with van der Waals surface area (Å²) in [4.78, 5) is 9.18. The number of pyridine rings is 2. The maximum absolute atomic E-state index is 5.85. The van der Waals surface area contributed by atoms with Crippen LogP contribution in [0.25, 0.3) is 22.5 Å². The van der Waals surface area contributed by atoms with Gasteiger partial charge in [0, 0.05) is 45.2 Å². The van der Waals surface area contributed by atoms with Crippen LogP contribution in [0.3, 0.4) is 0 Å². The SMILES string of the molecule is CCOc1cc(-c2ccccc2)ncc1NSSNc1cnc(-c2ccccc2)cc1OCC. The van der Waals surface area contributed by atoms with Crippen molar-refractivity contribution in [2.24, 2.45) is 0 Å². The summed E-state index contributed by atoms with van der Waals surface area (Å²) in [6, 6.07) is 24.0. The predicted molar refractivity (Wildman–Crippen MR) is 144 cm³/mol. The molecule has 0 amide bonds. The highest BCUT2D eigenvalue weighted by Crippen LogP contribution is 2.36. The highest BCUT2D eigenvalue weighted by molar-refractivity contribution is 8.77. The molecule has 0 aliphatic rings. The van der Waals surface area contributed by atoms with Gasteiger partial charge in [-0.1, -0.05) is 60.7 Å². The zero-order valence-electron chi connectivity index (χ0n) is 19.0. The van der Waals surface area contributed by atoms with E-state index in [2.05, 4.69) is 19.4 Å². The summed E-state index contributed by atoms with van der Waals surface area (Å²) in [7, 11) is 2.84. The molecule has 0 fully saturated rings. The predicted octanol–water partition coefficient (Wildman–Crippen LogP) is 7.34. The van der Waals surface area contributed by atoms with Gasteiger partial charge in [-0.3, -0.25) is 9.97 Å². The number of ether oxygens (including phenoxy) is 2. The average molecular weight is 491 g/mol. The summed E-state index contributed by atoms with van der Waals surface area (Å²) >= 11 is 0. The molecule has 4 rings (SSSR count). The molecule has 0 bridgehead atoms. The lowest BCUT2D eigenvalue weighted by Gasteiger charge is -2.14. The van der Waals surface area contributed by atoms with E-state index in [0.29, 0.717) is 13.2 Å². The lowest BCUT2D eigenvalue weighted by molar-refractivity contribution is 0.342. The molecule has 174 valence electrons. The maximum Gasteiger partial charge on any atom is 0.147 e. The molecule has 0 saturated heterocycles. The highest BCUT2D eigenvalue weighted by Gasteiger charge is 2.11. The molecular formula is C26H26N4O2S2. The van der Waals surface area contributed by atoms with Gasteiger partial charge in [0.2, 0.25) is 0 Å². The number of rotatable bonds is 11. The summed E-state index contributed by atoms with van der Waals surface area (Å²) in [6.07, 6.45) is 3.59. The Balaban J connectivity index is 1.41. The summed E-state index contributed by atoms with van der Waals surface area (Å²) in [5, 5.41) is 0. The minimum Gasteiger partial charge on any atom is -0.492 e. The second kappa shape index (κ2) is 12.2. The van der Waals surface area contributed by atoms with Gasteiger partial charge >= 0.3 is 0 Å². The van der Waals surface area contributed by atoms with Gasteiger partial charge in [-0.2, -0.15) is 0 Å². The minimum absolute atomic E-state index is 0.570. The van der Waals surface area contributed by atoms with Gasteiger partial charge < -0.3 is 18.9 Å². The molecule has 0 spiro atoms. The van der Waals surface area contributed by atoms with E-state index in [1.54, 1.807) is 12.4 Å². The van der Waals surface area contributed by atoms with Gasteiger partial charge in [-0.25, -0.2) is 0 Å². The number of benzene rings is 2. The van der Waals surface area contributed by atoms with Crippen molar-refractivity contribution in [2.75, 3.05) is 22.7 Å². The normalized spacial score (nSPS) is 10.5. The van der Waals surface area contributed by atoms with Crippen molar-refractivity contribution in [1.29, 1.82) is 0 Å². The lowest BCUT2D eigenvalue weighted by atomic mass is 10.1. The average Bonchev–Trinajstić information content (AvgIpc) is 2.89. The zero-order chi connectivity index (χ0) is 23.6.